The SMILES string of the molecule is Cc1ccc(S(=O)(=O)NCCC(=O)Nc2cc(C(C)(C)C)ccc2O)cc1C. The molecule has 0 saturated carbocycles. The summed E-state index contributed by atoms with van der Waals surface area (Å²) in [6.45, 7) is 9.82. The zero-order valence-corrected chi connectivity index (χ0v) is 17.8. The minimum atomic E-state index is -3.68. The molecule has 0 atom stereocenters. The Bertz CT molecular complexity index is 976. The van der Waals surface area contributed by atoms with Gasteiger partial charge < -0.3 is 10.4 Å². The average Bonchev–Trinajstić information content (AvgIpc) is 2.58. The van der Waals surface area contributed by atoms with Crippen LogP contribution in [0.5, 0.6) is 5.75 Å². The number of benzene rings is 2. The quantitative estimate of drug-likeness (QED) is 0.641. The van der Waals surface area contributed by atoms with E-state index in [0.29, 0.717) is 5.69 Å². The summed E-state index contributed by atoms with van der Waals surface area (Å²) in [5, 5.41) is 12.6. The number of hydrogen-bond acceptors (Lipinski definition) is 4. The van der Waals surface area contributed by atoms with Crippen LogP contribution in [-0.2, 0) is 20.2 Å². The number of rotatable bonds is 6. The van der Waals surface area contributed by atoms with Crippen molar-refractivity contribution in [2.24, 2.45) is 0 Å². The smallest absolute Gasteiger partial charge is 0.240 e. The zero-order chi connectivity index (χ0) is 21.1. The van der Waals surface area contributed by atoms with Crippen LogP contribution >= 0.6 is 0 Å². The number of carbonyl (C=O) groups excluding carboxylic acids is 1. The molecule has 0 radical (unpaired) electrons. The summed E-state index contributed by atoms with van der Waals surface area (Å²) >= 11 is 0. The fourth-order valence-corrected chi connectivity index (χ4v) is 3.70. The number of amides is 1. The zero-order valence-electron chi connectivity index (χ0n) is 17.0. The van der Waals surface area contributed by atoms with Crippen molar-refractivity contribution in [1.29, 1.82) is 0 Å². The van der Waals surface area contributed by atoms with Crippen molar-refractivity contribution in [1.82, 2.24) is 4.72 Å². The van der Waals surface area contributed by atoms with E-state index in [4.69, 9.17) is 0 Å². The molecule has 28 heavy (non-hydrogen) atoms. The highest BCUT2D eigenvalue weighted by molar-refractivity contribution is 7.89. The summed E-state index contributed by atoms with van der Waals surface area (Å²) in [4.78, 5) is 12.4. The predicted octanol–water partition coefficient (Wildman–Crippen LogP) is 3.61. The fraction of sp³-hybridized carbons (Fsp3) is 0.381. The maximum absolute atomic E-state index is 12.4. The Morgan fingerprint density at radius 1 is 1.04 bits per heavy atom. The van der Waals surface area contributed by atoms with E-state index in [1.54, 1.807) is 30.3 Å². The second-order valence-corrected chi connectivity index (χ2v) is 9.69. The molecule has 0 aromatic heterocycles. The third kappa shape index (κ3) is 5.56. The first kappa shape index (κ1) is 21.9. The van der Waals surface area contributed by atoms with E-state index >= 15 is 0 Å². The van der Waals surface area contributed by atoms with Crippen LogP contribution in [0, 0.1) is 13.8 Å². The van der Waals surface area contributed by atoms with Crippen LogP contribution in [0.3, 0.4) is 0 Å². The largest absolute Gasteiger partial charge is 0.506 e. The second kappa shape index (κ2) is 8.32. The van der Waals surface area contributed by atoms with Crippen molar-refractivity contribution in [3.63, 3.8) is 0 Å². The molecule has 2 aromatic rings. The highest BCUT2D eigenvalue weighted by Crippen LogP contribution is 2.30. The van der Waals surface area contributed by atoms with Crippen molar-refractivity contribution in [2.45, 2.75) is 51.3 Å². The van der Waals surface area contributed by atoms with Crippen molar-refractivity contribution in [3.8, 4) is 5.75 Å². The van der Waals surface area contributed by atoms with Gasteiger partial charge in [0.1, 0.15) is 5.75 Å². The van der Waals surface area contributed by atoms with Gasteiger partial charge in [0, 0.05) is 13.0 Å². The van der Waals surface area contributed by atoms with E-state index in [9.17, 15) is 18.3 Å². The lowest BCUT2D eigenvalue weighted by atomic mass is 9.87. The summed E-state index contributed by atoms with van der Waals surface area (Å²) in [5.74, 6) is -0.416. The van der Waals surface area contributed by atoms with E-state index in [-0.39, 0.29) is 34.9 Å². The van der Waals surface area contributed by atoms with E-state index in [1.165, 1.54) is 0 Å². The van der Waals surface area contributed by atoms with Gasteiger partial charge in [0.05, 0.1) is 10.6 Å². The molecule has 0 aliphatic rings. The molecule has 152 valence electrons. The Labute approximate surface area is 167 Å². The van der Waals surface area contributed by atoms with Crippen molar-refractivity contribution < 1.29 is 18.3 Å². The predicted molar refractivity (Wildman–Crippen MR) is 111 cm³/mol. The normalized spacial score (nSPS) is 12.0. The number of aryl methyl sites for hydroxylation is 2. The fourth-order valence-electron chi connectivity index (χ4n) is 2.58. The molecule has 3 N–H and O–H groups in total. The molecule has 0 saturated heterocycles. The van der Waals surface area contributed by atoms with Crippen molar-refractivity contribution in [3.05, 3.63) is 53.1 Å². The molecular weight excluding hydrogens is 376 g/mol. The molecule has 6 nitrogen and oxygen atoms in total. The van der Waals surface area contributed by atoms with Crippen LogP contribution in [0.25, 0.3) is 0 Å². The maximum Gasteiger partial charge on any atom is 0.240 e. The number of phenols is 1. The topological polar surface area (TPSA) is 95.5 Å². The number of carbonyl (C=O) groups is 1. The molecule has 0 spiro atoms. The molecule has 0 aliphatic carbocycles. The molecule has 0 fully saturated rings. The number of anilines is 1. The third-order valence-electron chi connectivity index (χ3n) is 4.57. The third-order valence-corrected chi connectivity index (χ3v) is 6.03. The Kier molecular flexibility index (Phi) is 6.52. The molecule has 1 amide bonds. The summed E-state index contributed by atoms with van der Waals surface area (Å²) < 4.78 is 27.2. The van der Waals surface area contributed by atoms with Gasteiger partial charge in [-0.05, 0) is 60.2 Å². The first-order valence-electron chi connectivity index (χ1n) is 9.10. The lowest BCUT2D eigenvalue weighted by molar-refractivity contribution is -0.116. The van der Waals surface area contributed by atoms with Crippen molar-refractivity contribution >= 4 is 21.6 Å². The lowest BCUT2D eigenvalue weighted by Gasteiger charge is -2.20. The van der Waals surface area contributed by atoms with E-state index < -0.39 is 10.0 Å². The molecular formula is C21H28N2O4S. The minimum Gasteiger partial charge on any atom is -0.506 e. The standard InChI is InChI=1S/C21H28N2O4S/c1-14-6-8-17(12-15(14)2)28(26,27)22-11-10-20(25)23-18-13-16(21(3,4)5)7-9-19(18)24/h6-9,12-13,22,24H,10-11H2,1-5H3,(H,23,25). The van der Waals surface area contributed by atoms with E-state index in [0.717, 1.165) is 16.7 Å². The second-order valence-electron chi connectivity index (χ2n) is 7.92. The lowest BCUT2D eigenvalue weighted by Crippen LogP contribution is -2.28. The molecule has 2 rings (SSSR count). The first-order chi connectivity index (χ1) is 12.9. The van der Waals surface area contributed by atoms with Crippen molar-refractivity contribution in [2.75, 3.05) is 11.9 Å². The Hall–Kier alpha value is -2.38. The minimum absolute atomic E-state index is 0.0305. The van der Waals surface area contributed by atoms with Crippen LogP contribution < -0.4 is 10.0 Å². The van der Waals surface area contributed by atoms with Gasteiger partial charge in [-0.3, -0.25) is 4.79 Å². The number of hydrogen-bond donors (Lipinski definition) is 3. The highest BCUT2D eigenvalue weighted by Gasteiger charge is 2.18. The van der Waals surface area contributed by atoms with Crippen LogP contribution in [0.4, 0.5) is 5.69 Å². The van der Waals surface area contributed by atoms with Crippen LogP contribution in [0.2, 0.25) is 0 Å². The summed E-state index contributed by atoms with van der Waals surface area (Å²) in [6.07, 6.45) is -0.0523. The van der Waals surface area contributed by atoms with Gasteiger partial charge in [-0.15, -0.1) is 0 Å². The number of aromatic hydroxyl groups is 1. The summed E-state index contributed by atoms with van der Waals surface area (Å²) in [5.41, 5.74) is 3.05. The van der Waals surface area contributed by atoms with Crippen LogP contribution in [0.15, 0.2) is 41.3 Å². The van der Waals surface area contributed by atoms with Crippen LogP contribution in [-0.4, -0.2) is 26.0 Å². The van der Waals surface area contributed by atoms with Gasteiger partial charge in [-0.1, -0.05) is 32.9 Å². The molecule has 7 heteroatoms. The number of sulfonamides is 1. The van der Waals surface area contributed by atoms with Gasteiger partial charge in [0.15, 0.2) is 0 Å². The monoisotopic (exact) mass is 404 g/mol. The molecule has 0 unspecified atom stereocenters. The number of phenolic OH excluding ortho intramolecular Hbond substituents is 1. The molecule has 2 aromatic carbocycles. The summed E-state index contributed by atoms with van der Waals surface area (Å²) in [6, 6.07) is 9.98. The molecule has 0 heterocycles. The van der Waals surface area contributed by atoms with Gasteiger partial charge in [-0.25, -0.2) is 13.1 Å². The van der Waals surface area contributed by atoms with Gasteiger partial charge in [0.25, 0.3) is 0 Å². The van der Waals surface area contributed by atoms with E-state index in [1.807, 2.05) is 40.7 Å². The molecule has 0 bridgehead atoms. The van der Waals surface area contributed by atoms with Crippen LogP contribution in [0.1, 0.15) is 43.9 Å². The Morgan fingerprint density at radius 2 is 1.71 bits per heavy atom. The highest BCUT2D eigenvalue weighted by atomic mass is 32.2. The van der Waals surface area contributed by atoms with Gasteiger partial charge in [0.2, 0.25) is 15.9 Å². The Morgan fingerprint density at radius 3 is 2.32 bits per heavy atom. The maximum atomic E-state index is 12.4. The summed E-state index contributed by atoms with van der Waals surface area (Å²) in [7, 11) is -3.68. The molecule has 0 aliphatic heterocycles. The Balaban J connectivity index is 1.98. The average molecular weight is 405 g/mol. The van der Waals surface area contributed by atoms with Gasteiger partial charge >= 0.3 is 0 Å². The number of nitrogens with one attached hydrogen (secondary N) is 2. The first-order valence-corrected chi connectivity index (χ1v) is 10.6. The van der Waals surface area contributed by atoms with Gasteiger partial charge in [-0.2, -0.15) is 0 Å². The van der Waals surface area contributed by atoms with E-state index in [2.05, 4.69) is 10.0 Å².